The average molecular weight is 391 g/mol. The molecular formula is C10H7F5IN3. The SMILES string of the molecule is FC(F)(F)C(F)(F)CCn1nc(I)c2cccnc21. The van der Waals surface area contributed by atoms with Gasteiger partial charge in [-0.1, -0.05) is 0 Å². The van der Waals surface area contributed by atoms with Crippen LogP contribution < -0.4 is 0 Å². The van der Waals surface area contributed by atoms with Crippen molar-refractivity contribution in [1.29, 1.82) is 0 Å². The van der Waals surface area contributed by atoms with Gasteiger partial charge in [-0.15, -0.1) is 0 Å². The van der Waals surface area contributed by atoms with Gasteiger partial charge in [-0.25, -0.2) is 9.67 Å². The summed E-state index contributed by atoms with van der Waals surface area (Å²) >= 11 is 1.87. The number of hydrogen-bond acceptors (Lipinski definition) is 2. The van der Waals surface area contributed by atoms with Gasteiger partial charge in [0.2, 0.25) is 0 Å². The Morgan fingerprint density at radius 3 is 2.53 bits per heavy atom. The first-order valence-electron chi connectivity index (χ1n) is 5.14. The topological polar surface area (TPSA) is 30.7 Å². The number of alkyl halides is 5. The molecule has 19 heavy (non-hydrogen) atoms. The van der Waals surface area contributed by atoms with Crippen molar-refractivity contribution in [3.63, 3.8) is 0 Å². The smallest absolute Gasteiger partial charge is 0.246 e. The molecule has 2 aromatic heterocycles. The highest BCUT2D eigenvalue weighted by Gasteiger charge is 2.56. The van der Waals surface area contributed by atoms with Crippen molar-refractivity contribution in [3.05, 3.63) is 22.0 Å². The van der Waals surface area contributed by atoms with E-state index in [-0.39, 0.29) is 0 Å². The predicted octanol–water partition coefficient (Wildman–Crippen LogP) is 3.62. The molecule has 0 radical (unpaired) electrons. The summed E-state index contributed by atoms with van der Waals surface area (Å²) in [5.74, 6) is -4.73. The third-order valence-electron chi connectivity index (χ3n) is 2.51. The number of halogens is 6. The van der Waals surface area contributed by atoms with Crippen molar-refractivity contribution in [2.45, 2.75) is 25.1 Å². The molecular weight excluding hydrogens is 384 g/mol. The van der Waals surface area contributed by atoms with Crippen molar-refractivity contribution >= 4 is 33.6 Å². The average Bonchev–Trinajstić information content (AvgIpc) is 2.63. The van der Waals surface area contributed by atoms with Gasteiger partial charge < -0.3 is 0 Å². The van der Waals surface area contributed by atoms with Gasteiger partial charge in [0.15, 0.2) is 5.65 Å². The molecule has 0 aliphatic carbocycles. The third-order valence-corrected chi connectivity index (χ3v) is 3.31. The zero-order valence-electron chi connectivity index (χ0n) is 9.26. The molecule has 0 spiro atoms. The highest BCUT2D eigenvalue weighted by atomic mass is 127. The number of hydrogen-bond donors (Lipinski definition) is 0. The maximum atomic E-state index is 12.8. The first-order chi connectivity index (χ1) is 8.72. The van der Waals surface area contributed by atoms with Gasteiger partial charge in [-0.2, -0.15) is 27.1 Å². The highest BCUT2D eigenvalue weighted by Crippen LogP contribution is 2.38. The molecule has 0 aliphatic heterocycles. The fraction of sp³-hybridized carbons (Fsp3) is 0.400. The molecule has 2 aromatic rings. The Hall–Kier alpha value is -1.00. The van der Waals surface area contributed by atoms with Gasteiger partial charge in [-0.3, -0.25) is 0 Å². The predicted molar refractivity (Wildman–Crippen MR) is 65.9 cm³/mol. The number of nitrogens with zero attached hydrogens (tertiary/aromatic N) is 3. The Bertz CT molecular complexity index is 592. The molecule has 2 heterocycles. The summed E-state index contributed by atoms with van der Waals surface area (Å²) in [6, 6.07) is 3.32. The lowest BCUT2D eigenvalue weighted by atomic mass is 10.2. The van der Waals surface area contributed by atoms with E-state index in [1.807, 2.05) is 22.6 Å². The fourth-order valence-corrected chi connectivity index (χ4v) is 2.20. The van der Waals surface area contributed by atoms with Crippen molar-refractivity contribution in [3.8, 4) is 0 Å². The van der Waals surface area contributed by atoms with E-state index in [9.17, 15) is 22.0 Å². The number of fused-ring (bicyclic) bond motifs is 1. The highest BCUT2D eigenvalue weighted by molar-refractivity contribution is 14.1. The normalized spacial score (nSPS) is 13.2. The van der Waals surface area contributed by atoms with Crippen molar-refractivity contribution in [1.82, 2.24) is 14.8 Å². The van der Waals surface area contributed by atoms with E-state index in [0.717, 1.165) is 4.68 Å². The summed E-state index contributed by atoms with van der Waals surface area (Å²) in [5.41, 5.74) is 0.296. The van der Waals surface area contributed by atoms with Crippen LogP contribution in [0.15, 0.2) is 18.3 Å². The van der Waals surface area contributed by atoms with Gasteiger partial charge in [0, 0.05) is 19.2 Å². The largest absolute Gasteiger partial charge is 0.453 e. The van der Waals surface area contributed by atoms with Crippen LogP contribution in [0.1, 0.15) is 6.42 Å². The third kappa shape index (κ3) is 2.79. The molecule has 0 aliphatic rings. The number of aromatic nitrogens is 3. The van der Waals surface area contributed by atoms with Gasteiger partial charge >= 0.3 is 12.1 Å². The van der Waals surface area contributed by atoms with E-state index in [0.29, 0.717) is 14.7 Å². The second kappa shape index (κ2) is 4.84. The monoisotopic (exact) mass is 391 g/mol. The minimum absolute atomic E-state index is 0.296. The van der Waals surface area contributed by atoms with Crippen molar-refractivity contribution in [2.75, 3.05) is 0 Å². The zero-order chi connectivity index (χ0) is 14.3. The Labute approximate surface area is 117 Å². The Balaban J connectivity index is 2.24. The van der Waals surface area contributed by atoms with Crippen LogP contribution in [0.25, 0.3) is 11.0 Å². The molecule has 0 aromatic carbocycles. The summed E-state index contributed by atoms with van der Waals surface area (Å²) in [6.45, 7) is -0.553. The molecule has 0 unspecified atom stereocenters. The van der Waals surface area contributed by atoms with Crippen LogP contribution in [-0.2, 0) is 6.54 Å². The Morgan fingerprint density at radius 1 is 1.21 bits per heavy atom. The van der Waals surface area contributed by atoms with Crippen molar-refractivity contribution < 1.29 is 22.0 Å². The molecule has 0 saturated carbocycles. The molecule has 104 valence electrons. The maximum Gasteiger partial charge on any atom is 0.453 e. The van der Waals surface area contributed by atoms with Gasteiger partial charge in [0.1, 0.15) is 3.70 Å². The van der Waals surface area contributed by atoms with Crippen LogP contribution in [0.3, 0.4) is 0 Å². The van der Waals surface area contributed by atoms with E-state index in [1.165, 1.54) is 6.20 Å². The van der Waals surface area contributed by atoms with Crippen LogP contribution in [0.2, 0.25) is 0 Å². The van der Waals surface area contributed by atoms with E-state index < -0.39 is 25.1 Å². The van der Waals surface area contributed by atoms with Gasteiger partial charge in [0.25, 0.3) is 0 Å². The van der Waals surface area contributed by atoms with E-state index >= 15 is 0 Å². The van der Waals surface area contributed by atoms with Gasteiger partial charge in [0.05, 0.1) is 5.39 Å². The fourth-order valence-electron chi connectivity index (χ4n) is 1.51. The molecule has 0 amide bonds. The van der Waals surface area contributed by atoms with E-state index in [1.54, 1.807) is 12.1 Å². The van der Waals surface area contributed by atoms with E-state index in [4.69, 9.17) is 0 Å². The zero-order valence-corrected chi connectivity index (χ0v) is 11.4. The second-order valence-corrected chi connectivity index (χ2v) is 4.86. The lowest BCUT2D eigenvalue weighted by Crippen LogP contribution is -2.37. The molecule has 0 bridgehead atoms. The molecule has 2 rings (SSSR count). The number of pyridine rings is 1. The van der Waals surface area contributed by atoms with Crippen LogP contribution >= 0.6 is 22.6 Å². The van der Waals surface area contributed by atoms with Crippen molar-refractivity contribution in [2.24, 2.45) is 0 Å². The summed E-state index contributed by atoms with van der Waals surface area (Å²) in [4.78, 5) is 3.93. The summed E-state index contributed by atoms with van der Waals surface area (Å²) in [5, 5.41) is 4.54. The summed E-state index contributed by atoms with van der Waals surface area (Å²) < 4.78 is 63.4. The molecule has 3 nitrogen and oxygen atoms in total. The quantitative estimate of drug-likeness (QED) is 0.591. The van der Waals surface area contributed by atoms with Gasteiger partial charge in [-0.05, 0) is 34.7 Å². The Morgan fingerprint density at radius 2 is 1.89 bits per heavy atom. The number of aryl methyl sites for hydroxylation is 1. The lowest BCUT2D eigenvalue weighted by molar-refractivity contribution is -0.285. The molecule has 0 atom stereocenters. The van der Waals surface area contributed by atoms with Crippen LogP contribution in [-0.4, -0.2) is 26.9 Å². The minimum Gasteiger partial charge on any atom is -0.246 e. The first kappa shape index (κ1) is 14.4. The molecule has 0 fully saturated rings. The lowest BCUT2D eigenvalue weighted by Gasteiger charge is -2.19. The Kier molecular flexibility index (Phi) is 3.67. The summed E-state index contributed by atoms with van der Waals surface area (Å²) in [7, 11) is 0. The first-order valence-corrected chi connectivity index (χ1v) is 6.22. The van der Waals surface area contributed by atoms with Crippen LogP contribution in [0, 0.1) is 3.70 Å². The second-order valence-electron chi connectivity index (χ2n) is 3.84. The van der Waals surface area contributed by atoms with Crippen LogP contribution in [0.5, 0.6) is 0 Å². The molecule has 0 saturated heterocycles. The van der Waals surface area contributed by atoms with E-state index in [2.05, 4.69) is 10.1 Å². The number of rotatable bonds is 3. The summed E-state index contributed by atoms with van der Waals surface area (Å²) in [6.07, 6.45) is -5.48. The minimum atomic E-state index is -5.55. The maximum absolute atomic E-state index is 12.8. The molecule has 9 heteroatoms. The molecule has 0 N–H and O–H groups in total. The van der Waals surface area contributed by atoms with Crippen LogP contribution in [0.4, 0.5) is 22.0 Å². The standard InChI is InChI=1S/C10H7F5IN3/c11-9(12,10(13,14)15)3-5-19-8-6(7(16)18-19)2-1-4-17-8/h1-2,4H,3,5H2.